The first-order valence-electron chi connectivity index (χ1n) is 13.1. The number of anilines is 1. The van der Waals surface area contributed by atoms with Crippen molar-refractivity contribution in [2.45, 2.75) is 77.4 Å². The molecule has 1 aliphatic carbocycles. The van der Waals surface area contributed by atoms with E-state index in [2.05, 4.69) is 5.32 Å². The minimum atomic E-state index is -3.55. The number of hydrogen-bond donors (Lipinski definition) is 1. The summed E-state index contributed by atoms with van der Waals surface area (Å²) in [6, 6.07) is 11.9. The topological polar surface area (TPSA) is 86.8 Å². The fourth-order valence-corrected chi connectivity index (χ4v) is 6.21. The molecular formula is C28H37Cl2N3O4S. The van der Waals surface area contributed by atoms with E-state index in [9.17, 15) is 18.0 Å². The van der Waals surface area contributed by atoms with Crippen LogP contribution >= 0.6 is 23.2 Å². The summed E-state index contributed by atoms with van der Waals surface area (Å²) in [6.45, 7) is 3.95. The zero-order valence-corrected chi connectivity index (χ0v) is 24.6. The molecule has 0 aromatic heterocycles. The van der Waals surface area contributed by atoms with E-state index in [-0.39, 0.29) is 43.8 Å². The normalized spacial score (nSPS) is 14.8. The van der Waals surface area contributed by atoms with Crippen LogP contribution in [0, 0.1) is 0 Å². The second-order valence-corrected chi connectivity index (χ2v) is 12.6. The number of nitrogens with one attached hydrogen (secondary N) is 1. The Balaban J connectivity index is 1.75. The van der Waals surface area contributed by atoms with Crippen molar-refractivity contribution in [2.75, 3.05) is 17.1 Å². The summed E-state index contributed by atoms with van der Waals surface area (Å²) in [5.74, 6) is -0.493. The van der Waals surface area contributed by atoms with Crippen LogP contribution in [0.3, 0.4) is 0 Å². The minimum Gasteiger partial charge on any atom is -0.352 e. The second-order valence-electron chi connectivity index (χ2n) is 9.85. The molecule has 3 rings (SSSR count). The number of halogens is 2. The summed E-state index contributed by atoms with van der Waals surface area (Å²) in [5, 5.41) is 3.90. The first-order valence-corrected chi connectivity index (χ1v) is 15.7. The van der Waals surface area contributed by atoms with Crippen molar-refractivity contribution >= 4 is 50.7 Å². The third-order valence-electron chi connectivity index (χ3n) is 7.04. The summed E-state index contributed by atoms with van der Waals surface area (Å²) >= 11 is 12.8. The lowest BCUT2D eigenvalue weighted by atomic mass is 10.1. The van der Waals surface area contributed by atoms with Crippen LogP contribution in [0.15, 0.2) is 42.5 Å². The molecule has 0 radical (unpaired) electrons. The highest BCUT2D eigenvalue weighted by Gasteiger charge is 2.29. The largest absolute Gasteiger partial charge is 0.352 e. The van der Waals surface area contributed by atoms with Gasteiger partial charge in [0.25, 0.3) is 0 Å². The Morgan fingerprint density at radius 3 is 2.21 bits per heavy atom. The first-order chi connectivity index (χ1) is 18.0. The van der Waals surface area contributed by atoms with E-state index < -0.39 is 16.1 Å². The monoisotopic (exact) mass is 581 g/mol. The number of carbonyl (C=O) groups is 2. The van der Waals surface area contributed by atoms with Crippen LogP contribution in [0.2, 0.25) is 10.0 Å². The van der Waals surface area contributed by atoms with Crippen molar-refractivity contribution in [3.8, 4) is 0 Å². The molecule has 0 spiro atoms. The molecule has 1 atom stereocenters. The smallest absolute Gasteiger partial charge is 0.242 e. The number of amides is 2. The highest BCUT2D eigenvalue weighted by Crippen LogP contribution is 2.27. The highest BCUT2D eigenvalue weighted by atomic mass is 35.5. The molecule has 0 aliphatic heterocycles. The summed E-state index contributed by atoms with van der Waals surface area (Å²) in [7, 11) is -3.55. The lowest BCUT2D eigenvalue weighted by molar-refractivity contribution is -0.140. The number of nitrogens with zero attached hydrogens (tertiary/aromatic N) is 2. The van der Waals surface area contributed by atoms with E-state index in [4.69, 9.17) is 23.2 Å². The molecule has 10 heteroatoms. The minimum absolute atomic E-state index is 0.0577. The van der Waals surface area contributed by atoms with Gasteiger partial charge in [-0.15, -0.1) is 0 Å². The van der Waals surface area contributed by atoms with Gasteiger partial charge in [-0.05, 0) is 62.4 Å². The van der Waals surface area contributed by atoms with Crippen molar-refractivity contribution in [3.63, 3.8) is 0 Å². The fourth-order valence-electron chi connectivity index (χ4n) is 4.73. The molecule has 1 unspecified atom stereocenters. The van der Waals surface area contributed by atoms with Crippen LogP contribution in [0.25, 0.3) is 0 Å². The van der Waals surface area contributed by atoms with Gasteiger partial charge in [0.2, 0.25) is 21.8 Å². The lowest BCUT2D eigenvalue weighted by Crippen LogP contribution is -2.49. The number of rotatable bonds is 12. The zero-order chi connectivity index (χ0) is 27.9. The number of sulfonamides is 1. The van der Waals surface area contributed by atoms with Gasteiger partial charge in [-0.3, -0.25) is 13.9 Å². The third-order valence-corrected chi connectivity index (χ3v) is 8.95. The van der Waals surface area contributed by atoms with Gasteiger partial charge >= 0.3 is 0 Å². The van der Waals surface area contributed by atoms with Crippen LogP contribution in [-0.2, 0) is 32.6 Å². The Morgan fingerprint density at radius 1 is 1.05 bits per heavy atom. The standard InChI is InChI=1S/C28H37Cl2N3O4S/c1-4-21-14-16-23(17-15-21)33(38(3,36)37)18-8-13-27(34)32(19-24-25(29)11-7-12-26(24)30)20(2)28(35)31-22-9-5-6-10-22/h7,11-12,14-17,20,22H,4-6,8-10,13,18-19H2,1-3H3,(H,31,35). The maximum Gasteiger partial charge on any atom is 0.242 e. The van der Waals surface area contributed by atoms with Gasteiger partial charge in [-0.1, -0.05) is 61.2 Å². The average molecular weight is 583 g/mol. The Labute approximate surface area is 236 Å². The van der Waals surface area contributed by atoms with Crippen LogP contribution in [-0.4, -0.2) is 50.0 Å². The SMILES string of the molecule is CCc1ccc(N(CCCC(=O)N(Cc2c(Cl)cccc2Cl)C(C)C(=O)NC2CCCC2)S(C)(=O)=O)cc1. The maximum absolute atomic E-state index is 13.5. The van der Waals surface area contributed by atoms with E-state index in [1.165, 1.54) is 9.21 Å². The lowest BCUT2D eigenvalue weighted by Gasteiger charge is -2.30. The van der Waals surface area contributed by atoms with Crippen molar-refractivity contribution in [2.24, 2.45) is 0 Å². The van der Waals surface area contributed by atoms with Crippen LogP contribution in [0.1, 0.15) is 63.5 Å². The summed E-state index contributed by atoms with van der Waals surface area (Å²) in [4.78, 5) is 28.1. The molecule has 0 bridgehead atoms. The fraction of sp³-hybridized carbons (Fsp3) is 0.500. The molecule has 2 aromatic rings. The molecule has 1 N–H and O–H groups in total. The van der Waals surface area contributed by atoms with Crippen LogP contribution in [0.5, 0.6) is 0 Å². The highest BCUT2D eigenvalue weighted by molar-refractivity contribution is 7.92. The van der Waals surface area contributed by atoms with E-state index in [0.717, 1.165) is 43.9 Å². The number of aryl methyl sites for hydroxylation is 1. The average Bonchev–Trinajstić information content (AvgIpc) is 3.38. The Kier molecular flexibility index (Phi) is 10.9. The van der Waals surface area contributed by atoms with Crippen LogP contribution < -0.4 is 9.62 Å². The summed E-state index contributed by atoms with van der Waals surface area (Å²) in [6.07, 6.45) is 6.37. The Morgan fingerprint density at radius 2 is 1.66 bits per heavy atom. The van der Waals surface area contributed by atoms with Gasteiger partial charge < -0.3 is 10.2 Å². The molecule has 0 heterocycles. The van der Waals surface area contributed by atoms with E-state index in [1.54, 1.807) is 37.3 Å². The van der Waals surface area contributed by atoms with E-state index >= 15 is 0 Å². The van der Waals surface area contributed by atoms with E-state index in [0.29, 0.717) is 21.3 Å². The Hall–Kier alpha value is -2.29. The van der Waals surface area contributed by atoms with Crippen molar-refractivity contribution < 1.29 is 18.0 Å². The summed E-state index contributed by atoms with van der Waals surface area (Å²) < 4.78 is 26.4. The summed E-state index contributed by atoms with van der Waals surface area (Å²) in [5.41, 5.74) is 2.23. The van der Waals surface area contributed by atoms with Gasteiger partial charge in [-0.25, -0.2) is 8.42 Å². The second kappa shape index (κ2) is 13.7. The molecular weight excluding hydrogens is 545 g/mol. The molecule has 2 amide bonds. The van der Waals surface area contributed by atoms with Crippen molar-refractivity contribution in [1.29, 1.82) is 0 Å². The molecule has 38 heavy (non-hydrogen) atoms. The van der Waals surface area contributed by atoms with Crippen molar-refractivity contribution in [1.82, 2.24) is 10.2 Å². The van der Waals surface area contributed by atoms with Gasteiger partial charge in [0.05, 0.1) is 11.9 Å². The van der Waals surface area contributed by atoms with Crippen molar-refractivity contribution in [3.05, 3.63) is 63.6 Å². The quantitative estimate of drug-likeness (QED) is 0.354. The molecule has 0 saturated heterocycles. The van der Waals surface area contributed by atoms with Gasteiger partial charge in [-0.2, -0.15) is 0 Å². The van der Waals surface area contributed by atoms with Crippen LogP contribution in [0.4, 0.5) is 5.69 Å². The Bertz CT molecular complexity index is 1190. The molecule has 1 aliphatic rings. The molecule has 2 aromatic carbocycles. The number of carbonyl (C=O) groups excluding carboxylic acids is 2. The molecule has 7 nitrogen and oxygen atoms in total. The van der Waals surface area contributed by atoms with Gasteiger partial charge in [0.1, 0.15) is 6.04 Å². The maximum atomic E-state index is 13.5. The third kappa shape index (κ3) is 8.10. The number of hydrogen-bond acceptors (Lipinski definition) is 4. The van der Waals surface area contributed by atoms with E-state index in [1.807, 2.05) is 19.1 Å². The predicted molar refractivity (Wildman–Crippen MR) is 154 cm³/mol. The number of benzene rings is 2. The van der Waals surface area contributed by atoms with Gasteiger partial charge in [0, 0.05) is 41.2 Å². The predicted octanol–water partition coefficient (Wildman–Crippen LogP) is 5.58. The zero-order valence-electron chi connectivity index (χ0n) is 22.3. The molecule has 1 saturated carbocycles. The first kappa shape index (κ1) is 30.3. The van der Waals surface area contributed by atoms with Gasteiger partial charge in [0.15, 0.2) is 0 Å². The molecule has 1 fully saturated rings. The molecule has 208 valence electrons.